The lowest BCUT2D eigenvalue weighted by atomic mass is 9.80. The minimum absolute atomic E-state index is 0.113. The van der Waals surface area contributed by atoms with E-state index in [-0.39, 0.29) is 11.7 Å². The van der Waals surface area contributed by atoms with E-state index in [0.717, 1.165) is 51.1 Å². The zero-order chi connectivity index (χ0) is 19.5. The average molecular weight is 381 g/mol. The molecule has 148 valence electrons. The second-order valence-corrected chi connectivity index (χ2v) is 7.99. The second kappa shape index (κ2) is 8.27. The maximum absolute atomic E-state index is 13.0. The van der Waals surface area contributed by atoms with Gasteiger partial charge in [-0.1, -0.05) is 29.4 Å². The molecule has 0 spiro atoms. The summed E-state index contributed by atoms with van der Waals surface area (Å²) in [5.41, 5.74) is 3.42. The standard InChI is InChI=1S/C22H27N3O3/c1-15(26)21-12-20(24-28-21)10-19-13-23-8-6-17(19)11-22(27)25-9-7-16-4-2-3-5-18(16)14-25/h2-5,12,17,19,23H,6-11,13-14H2,1H3/t17-,19-/m0/s1. The van der Waals surface area contributed by atoms with Crippen molar-refractivity contribution in [2.45, 2.75) is 39.2 Å². The molecule has 2 aliphatic rings. The highest BCUT2D eigenvalue weighted by Gasteiger charge is 2.30. The average Bonchev–Trinajstić information content (AvgIpc) is 3.18. The number of carbonyl (C=O) groups is 2. The quantitative estimate of drug-likeness (QED) is 0.806. The van der Waals surface area contributed by atoms with Gasteiger partial charge in [0.2, 0.25) is 11.7 Å². The number of aromatic nitrogens is 1. The first-order chi connectivity index (χ1) is 13.6. The summed E-state index contributed by atoms with van der Waals surface area (Å²) in [6.45, 7) is 4.80. The molecule has 1 N–H and O–H groups in total. The minimum Gasteiger partial charge on any atom is -0.353 e. The van der Waals surface area contributed by atoms with Crippen LogP contribution in [0.3, 0.4) is 0 Å². The van der Waals surface area contributed by atoms with Crippen LogP contribution < -0.4 is 5.32 Å². The summed E-state index contributed by atoms with van der Waals surface area (Å²) in [5.74, 6) is 1.08. The van der Waals surface area contributed by atoms with E-state index >= 15 is 0 Å². The third-order valence-electron chi connectivity index (χ3n) is 6.06. The lowest BCUT2D eigenvalue weighted by molar-refractivity contribution is -0.133. The Labute approximate surface area is 165 Å². The highest BCUT2D eigenvalue weighted by atomic mass is 16.5. The molecule has 2 aromatic rings. The number of ketones is 1. The third-order valence-corrected chi connectivity index (χ3v) is 6.06. The van der Waals surface area contributed by atoms with Crippen molar-refractivity contribution in [2.75, 3.05) is 19.6 Å². The van der Waals surface area contributed by atoms with Crippen LogP contribution in [0.15, 0.2) is 34.9 Å². The Morgan fingerprint density at radius 1 is 1.25 bits per heavy atom. The minimum atomic E-state index is -0.113. The normalized spacial score (nSPS) is 22.0. The van der Waals surface area contributed by atoms with Gasteiger partial charge in [-0.3, -0.25) is 9.59 Å². The SMILES string of the molecule is CC(=O)c1cc(C[C@H]2CNCC[C@H]2CC(=O)N2CCc3ccccc3C2)no1. The number of hydrogen-bond donors (Lipinski definition) is 1. The molecule has 2 aliphatic heterocycles. The number of rotatable bonds is 5. The maximum Gasteiger partial charge on any atom is 0.223 e. The molecule has 1 amide bonds. The van der Waals surface area contributed by atoms with Crippen molar-refractivity contribution in [3.8, 4) is 0 Å². The lowest BCUT2D eigenvalue weighted by Crippen LogP contribution is -2.42. The summed E-state index contributed by atoms with van der Waals surface area (Å²) >= 11 is 0. The van der Waals surface area contributed by atoms with Gasteiger partial charge in [-0.15, -0.1) is 0 Å². The zero-order valence-corrected chi connectivity index (χ0v) is 16.3. The van der Waals surface area contributed by atoms with Crippen LogP contribution in [0.5, 0.6) is 0 Å². The Bertz CT molecular complexity index is 860. The van der Waals surface area contributed by atoms with Crippen LogP contribution in [0.4, 0.5) is 0 Å². The van der Waals surface area contributed by atoms with E-state index in [1.165, 1.54) is 18.1 Å². The summed E-state index contributed by atoms with van der Waals surface area (Å²) in [7, 11) is 0. The van der Waals surface area contributed by atoms with Gasteiger partial charge in [-0.05, 0) is 55.3 Å². The van der Waals surface area contributed by atoms with E-state index in [2.05, 4.69) is 28.7 Å². The van der Waals surface area contributed by atoms with Crippen LogP contribution >= 0.6 is 0 Å². The predicted molar refractivity (Wildman–Crippen MR) is 105 cm³/mol. The van der Waals surface area contributed by atoms with E-state index in [1.807, 2.05) is 11.0 Å². The van der Waals surface area contributed by atoms with E-state index in [1.54, 1.807) is 6.07 Å². The number of carbonyl (C=O) groups excluding carboxylic acids is 2. The van der Waals surface area contributed by atoms with Gasteiger partial charge >= 0.3 is 0 Å². The van der Waals surface area contributed by atoms with Crippen LogP contribution in [0.25, 0.3) is 0 Å². The Morgan fingerprint density at radius 2 is 2.07 bits per heavy atom. The monoisotopic (exact) mass is 381 g/mol. The molecule has 28 heavy (non-hydrogen) atoms. The van der Waals surface area contributed by atoms with Crippen molar-refractivity contribution in [2.24, 2.45) is 11.8 Å². The fourth-order valence-corrected chi connectivity index (χ4v) is 4.39. The van der Waals surface area contributed by atoms with E-state index in [9.17, 15) is 9.59 Å². The van der Waals surface area contributed by atoms with Gasteiger partial charge < -0.3 is 14.7 Å². The Hall–Kier alpha value is -2.47. The maximum atomic E-state index is 13.0. The number of benzene rings is 1. The first kappa shape index (κ1) is 18.9. The molecule has 1 aromatic heterocycles. The molecule has 0 bridgehead atoms. The van der Waals surface area contributed by atoms with Gasteiger partial charge in [0.25, 0.3) is 0 Å². The number of nitrogens with one attached hydrogen (secondary N) is 1. The lowest BCUT2D eigenvalue weighted by Gasteiger charge is -2.34. The molecule has 1 aromatic carbocycles. The number of fused-ring (bicyclic) bond motifs is 1. The third kappa shape index (κ3) is 4.17. The molecule has 1 saturated heterocycles. The Kier molecular flexibility index (Phi) is 5.57. The molecule has 0 radical (unpaired) electrons. The first-order valence-electron chi connectivity index (χ1n) is 10.1. The molecule has 6 nitrogen and oxygen atoms in total. The van der Waals surface area contributed by atoms with Gasteiger partial charge in [0.15, 0.2) is 5.78 Å². The van der Waals surface area contributed by atoms with Gasteiger partial charge in [0.05, 0.1) is 5.69 Å². The fourth-order valence-electron chi connectivity index (χ4n) is 4.39. The summed E-state index contributed by atoms with van der Waals surface area (Å²) in [5, 5.41) is 7.47. The molecule has 6 heteroatoms. The highest BCUT2D eigenvalue weighted by Crippen LogP contribution is 2.28. The molecular formula is C22H27N3O3. The number of Topliss-reactive ketones (excluding diaryl/α,β-unsaturated/α-hetero) is 1. The van der Waals surface area contributed by atoms with E-state index in [4.69, 9.17) is 4.52 Å². The predicted octanol–water partition coefficient (Wildman–Crippen LogP) is 2.62. The van der Waals surface area contributed by atoms with Crippen LogP contribution in [0.2, 0.25) is 0 Å². The van der Waals surface area contributed by atoms with Crippen molar-refractivity contribution in [1.29, 1.82) is 0 Å². The summed E-state index contributed by atoms with van der Waals surface area (Å²) in [6, 6.07) is 10.1. The summed E-state index contributed by atoms with van der Waals surface area (Å²) in [4.78, 5) is 26.4. The molecule has 0 saturated carbocycles. The van der Waals surface area contributed by atoms with Crippen LogP contribution in [0, 0.1) is 11.8 Å². The largest absolute Gasteiger partial charge is 0.353 e. The summed E-state index contributed by atoms with van der Waals surface area (Å²) < 4.78 is 5.12. The van der Waals surface area contributed by atoms with Crippen LogP contribution in [0.1, 0.15) is 47.1 Å². The highest BCUT2D eigenvalue weighted by molar-refractivity contribution is 5.91. The fraction of sp³-hybridized carbons (Fsp3) is 0.500. The van der Waals surface area contributed by atoms with Gasteiger partial charge in [0.1, 0.15) is 0 Å². The Morgan fingerprint density at radius 3 is 2.86 bits per heavy atom. The van der Waals surface area contributed by atoms with Crippen molar-refractivity contribution in [3.05, 3.63) is 52.9 Å². The van der Waals surface area contributed by atoms with Crippen molar-refractivity contribution in [3.63, 3.8) is 0 Å². The second-order valence-electron chi connectivity index (χ2n) is 7.99. The van der Waals surface area contributed by atoms with Gasteiger partial charge in [-0.2, -0.15) is 0 Å². The van der Waals surface area contributed by atoms with E-state index in [0.29, 0.717) is 24.0 Å². The van der Waals surface area contributed by atoms with Crippen molar-refractivity contribution in [1.82, 2.24) is 15.4 Å². The molecule has 0 aliphatic carbocycles. The zero-order valence-electron chi connectivity index (χ0n) is 16.3. The topological polar surface area (TPSA) is 75.4 Å². The van der Waals surface area contributed by atoms with Gasteiger partial charge in [0, 0.05) is 32.5 Å². The number of hydrogen-bond acceptors (Lipinski definition) is 5. The van der Waals surface area contributed by atoms with Crippen molar-refractivity contribution < 1.29 is 14.1 Å². The molecular weight excluding hydrogens is 354 g/mol. The van der Waals surface area contributed by atoms with E-state index < -0.39 is 0 Å². The van der Waals surface area contributed by atoms with Crippen LogP contribution in [-0.4, -0.2) is 41.4 Å². The van der Waals surface area contributed by atoms with Crippen molar-refractivity contribution >= 4 is 11.7 Å². The number of piperidine rings is 1. The molecule has 2 atom stereocenters. The summed E-state index contributed by atoms with van der Waals surface area (Å²) in [6.07, 6.45) is 3.22. The number of nitrogens with zero attached hydrogens (tertiary/aromatic N) is 2. The molecule has 1 fully saturated rings. The first-order valence-corrected chi connectivity index (χ1v) is 10.1. The molecule has 0 unspecified atom stereocenters. The molecule has 4 rings (SSSR count). The smallest absolute Gasteiger partial charge is 0.223 e. The van der Waals surface area contributed by atoms with Crippen LogP contribution in [-0.2, 0) is 24.2 Å². The Balaban J connectivity index is 1.39. The van der Waals surface area contributed by atoms with Gasteiger partial charge in [-0.25, -0.2) is 0 Å². The molecule has 3 heterocycles. The number of amides is 1.